The molecule has 6 heteroatoms. The Bertz CT molecular complexity index is 504. The Kier molecular flexibility index (Phi) is 6.24. The van der Waals surface area contributed by atoms with Crippen LogP contribution in [0.2, 0.25) is 0 Å². The Morgan fingerprint density at radius 3 is 2.79 bits per heavy atom. The largest absolute Gasteiger partial charge is 0.379 e. The molecule has 0 fully saturated rings. The summed E-state index contributed by atoms with van der Waals surface area (Å²) < 4.78 is 2.00. The molecule has 106 valence electrons. The third kappa shape index (κ3) is 5.16. The number of aromatic nitrogens is 2. The molecule has 0 bridgehead atoms. The minimum Gasteiger partial charge on any atom is -0.379 e. The lowest BCUT2D eigenvalue weighted by atomic mass is 10.3. The fourth-order valence-electron chi connectivity index (χ4n) is 1.41. The Balaban J connectivity index is 2.80. The fraction of sp³-hybridized carbons (Fsp3) is 0.538. The van der Waals surface area contributed by atoms with Crippen molar-refractivity contribution in [1.29, 1.82) is 0 Å². The molecule has 0 aliphatic rings. The lowest BCUT2D eigenvalue weighted by Gasteiger charge is -2.12. The normalized spacial score (nSPS) is 10.6. The first-order chi connectivity index (χ1) is 8.91. The van der Waals surface area contributed by atoms with Crippen molar-refractivity contribution in [3.05, 3.63) is 32.7 Å². The second kappa shape index (κ2) is 7.45. The molecule has 1 N–H and O–H groups in total. The number of hydrogen-bond acceptors (Lipinski definition) is 4. The molecule has 1 heterocycles. The van der Waals surface area contributed by atoms with E-state index in [9.17, 15) is 4.79 Å². The van der Waals surface area contributed by atoms with Gasteiger partial charge in [-0.25, -0.2) is 4.68 Å². The summed E-state index contributed by atoms with van der Waals surface area (Å²) in [6.45, 7) is 6.12. The first kappa shape index (κ1) is 15.9. The molecule has 1 rings (SSSR count). The fourth-order valence-corrected chi connectivity index (χ4v) is 1.85. The smallest absolute Gasteiger partial charge is 0.283 e. The van der Waals surface area contributed by atoms with Crippen LogP contribution in [0.25, 0.3) is 0 Å². The number of hydrogen-bond donors (Lipinski definition) is 1. The van der Waals surface area contributed by atoms with E-state index in [0.717, 1.165) is 12.2 Å². The van der Waals surface area contributed by atoms with Gasteiger partial charge in [0.05, 0.1) is 18.4 Å². The van der Waals surface area contributed by atoms with Crippen molar-refractivity contribution in [2.75, 3.05) is 32.5 Å². The summed E-state index contributed by atoms with van der Waals surface area (Å²) in [7, 11) is 3.94. The summed E-state index contributed by atoms with van der Waals surface area (Å²) in [5.41, 5.74) is 1.85. The zero-order chi connectivity index (χ0) is 14.4. The zero-order valence-electron chi connectivity index (χ0n) is 11.9. The summed E-state index contributed by atoms with van der Waals surface area (Å²) in [5.74, 6) is 0. The van der Waals surface area contributed by atoms with E-state index in [0.29, 0.717) is 17.6 Å². The van der Waals surface area contributed by atoms with Crippen molar-refractivity contribution in [3.8, 4) is 0 Å². The number of rotatable bonds is 6. The van der Waals surface area contributed by atoms with Crippen LogP contribution in [-0.4, -0.2) is 41.9 Å². The van der Waals surface area contributed by atoms with Crippen molar-refractivity contribution in [1.82, 2.24) is 14.7 Å². The molecule has 0 saturated heterocycles. The van der Waals surface area contributed by atoms with Crippen LogP contribution in [0.15, 0.2) is 27.1 Å². The standard InChI is InChI=1S/C13H21BrN4O/c1-10(2)5-6-15-11-9-16-18(8-7-17(3)4)13(19)12(11)14/h5,9,15H,6-8H2,1-4H3. The monoisotopic (exact) mass is 328 g/mol. The first-order valence-corrected chi connectivity index (χ1v) is 6.98. The quantitative estimate of drug-likeness (QED) is 0.811. The van der Waals surface area contributed by atoms with Gasteiger partial charge in [0.1, 0.15) is 4.47 Å². The Hall–Kier alpha value is -1.14. The van der Waals surface area contributed by atoms with Crippen LogP contribution < -0.4 is 10.9 Å². The SMILES string of the molecule is CC(C)=CCNc1cnn(CCN(C)C)c(=O)c1Br. The van der Waals surface area contributed by atoms with Gasteiger partial charge in [0.25, 0.3) is 5.56 Å². The van der Waals surface area contributed by atoms with Gasteiger partial charge in [-0.2, -0.15) is 5.10 Å². The summed E-state index contributed by atoms with van der Waals surface area (Å²) in [6.07, 6.45) is 3.74. The highest BCUT2D eigenvalue weighted by Crippen LogP contribution is 2.15. The van der Waals surface area contributed by atoms with E-state index in [2.05, 4.69) is 32.4 Å². The van der Waals surface area contributed by atoms with E-state index >= 15 is 0 Å². The van der Waals surface area contributed by atoms with Crippen LogP contribution in [0.5, 0.6) is 0 Å². The van der Waals surface area contributed by atoms with Crippen LogP contribution in [0, 0.1) is 0 Å². The maximum atomic E-state index is 12.1. The molecule has 0 atom stereocenters. The van der Waals surface area contributed by atoms with E-state index in [1.54, 1.807) is 6.20 Å². The van der Waals surface area contributed by atoms with Gasteiger partial charge in [0, 0.05) is 13.1 Å². The maximum absolute atomic E-state index is 12.1. The van der Waals surface area contributed by atoms with E-state index < -0.39 is 0 Å². The Morgan fingerprint density at radius 2 is 2.21 bits per heavy atom. The molecule has 1 aromatic heterocycles. The topological polar surface area (TPSA) is 50.2 Å². The summed E-state index contributed by atoms with van der Waals surface area (Å²) in [5, 5.41) is 7.34. The van der Waals surface area contributed by atoms with E-state index in [1.165, 1.54) is 10.3 Å². The number of halogens is 1. The molecule has 0 unspecified atom stereocenters. The third-order valence-corrected chi connectivity index (χ3v) is 3.31. The molecule has 0 spiro atoms. The maximum Gasteiger partial charge on any atom is 0.283 e. The Labute approximate surface area is 122 Å². The van der Waals surface area contributed by atoms with Crippen molar-refractivity contribution in [2.45, 2.75) is 20.4 Å². The molecule has 0 aliphatic carbocycles. The van der Waals surface area contributed by atoms with Gasteiger partial charge in [-0.1, -0.05) is 11.6 Å². The van der Waals surface area contributed by atoms with Crippen LogP contribution in [-0.2, 0) is 6.54 Å². The van der Waals surface area contributed by atoms with Crippen LogP contribution in [0.3, 0.4) is 0 Å². The van der Waals surface area contributed by atoms with Gasteiger partial charge in [-0.3, -0.25) is 4.79 Å². The van der Waals surface area contributed by atoms with Crippen molar-refractivity contribution >= 4 is 21.6 Å². The zero-order valence-corrected chi connectivity index (χ0v) is 13.5. The second-order valence-corrected chi connectivity index (χ2v) is 5.66. The van der Waals surface area contributed by atoms with Crippen LogP contribution >= 0.6 is 15.9 Å². The van der Waals surface area contributed by atoms with Gasteiger partial charge < -0.3 is 10.2 Å². The molecule has 0 aromatic carbocycles. The highest BCUT2D eigenvalue weighted by molar-refractivity contribution is 9.10. The number of anilines is 1. The van der Waals surface area contributed by atoms with Gasteiger partial charge in [-0.15, -0.1) is 0 Å². The first-order valence-electron chi connectivity index (χ1n) is 6.19. The van der Waals surface area contributed by atoms with Gasteiger partial charge in [0.15, 0.2) is 0 Å². The molecule has 1 aromatic rings. The second-order valence-electron chi connectivity index (χ2n) is 4.87. The van der Waals surface area contributed by atoms with E-state index in [-0.39, 0.29) is 5.56 Å². The third-order valence-electron chi connectivity index (χ3n) is 2.55. The minimum atomic E-state index is -0.107. The lowest BCUT2D eigenvalue weighted by Crippen LogP contribution is -2.29. The predicted molar refractivity (Wildman–Crippen MR) is 82.7 cm³/mol. The van der Waals surface area contributed by atoms with Gasteiger partial charge in [-0.05, 0) is 43.9 Å². The molecule has 19 heavy (non-hydrogen) atoms. The van der Waals surface area contributed by atoms with Crippen molar-refractivity contribution in [3.63, 3.8) is 0 Å². The number of likely N-dealkylation sites (N-methyl/N-ethyl adjacent to an activating group) is 1. The van der Waals surface area contributed by atoms with E-state index in [4.69, 9.17) is 0 Å². The molecule has 0 aliphatic heterocycles. The number of nitrogens with one attached hydrogen (secondary N) is 1. The predicted octanol–water partition coefficient (Wildman–Crippen LogP) is 1.95. The molecule has 0 amide bonds. The average molecular weight is 329 g/mol. The summed E-state index contributed by atoms with van der Waals surface area (Å²) in [4.78, 5) is 14.1. The summed E-state index contributed by atoms with van der Waals surface area (Å²) >= 11 is 3.34. The lowest BCUT2D eigenvalue weighted by molar-refractivity contribution is 0.367. The van der Waals surface area contributed by atoms with Gasteiger partial charge in [0.2, 0.25) is 0 Å². The van der Waals surface area contributed by atoms with Crippen LogP contribution in [0.1, 0.15) is 13.8 Å². The average Bonchev–Trinajstić information content (AvgIpc) is 2.33. The van der Waals surface area contributed by atoms with E-state index in [1.807, 2.05) is 32.8 Å². The summed E-state index contributed by atoms with van der Waals surface area (Å²) in [6, 6.07) is 0. The Morgan fingerprint density at radius 1 is 1.53 bits per heavy atom. The number of nitrogens with zero attached hydrogens (tertiary/aromatic N) is 3. The highest BCUT2D eigenvalue weighted by atomic mass is 79.9. The highest BCUT2D eigenvalue weighted by Gasteiger charge is 2.08. The number of allylic oxidation sites excluding steroid dienone is 1. The van der Waals surface area contributed by atoms with Gasteiger partial charge >= 0.3 is 0 Å². The minimum absolute atomic E-state index is 0.107. The molecule has 0 radical (unpaired) electrons. The molecule has 5 nitrogen and oxygen atoms in total. The van der Waals surface area contributed by atoms with Crippen molar-refractivity contribution in [2.24, 2.45) is 0 Å². The molecular formula is C13H21BrN4O. The van der Waals surface area contributed by atoms with Crippen LogP contribution in [0.4, 0.5) is 5.69 Å². The molecule has 0 saturated carbocycles. The molecular weight excluding hydrogens is 308 g/mol. The van der Waals surface area contributed by atoms with Crippen molar-refractivity contribution < 1.29 is 0 Å².